The molecule has 182 valence electrons. The van der Waals surface area contributed by atoms with Crippen LogP contribution >= 0.6 is 0 Å². The van der Waals surface area contributed by atoms with Gasteiger partial charge in [-0.15, -0.1) is 0 Å². The lowest BCUT2D eigenvalue weighted by atomic mass is 9.90. The lowest BCUT2D eigenvalue weighted by Crippen LogP contribution is -2.41. The third-order valence-electron chi connectivity index (χ3n) is 6.52. The molecule has 35 heavy (non-hydrogen) atoms. The van der Waals surface area contributed by atoms with E-state index in [1.807, 2.05) is 11.0 Å². The Morgan fingerprint density at radius 2 is 1.74 bits per heavy atom. The molecule has 7 heteroatoms. The van der Waals surface area contributed by atoms with Gasteiger partial charge in [-0.3, -0.25) is 9.59 Å². The first-order chi connectivity index (χ1) is 16.9. The van der Waals surface area contributed by atoms with Crippen molar-refractivity contribution in [2.24, 2.45) is 11.7 Å². The second-order valence-electron chi connectivity index (χ2n) is 8.87. The average Bonchev–Trinajstić information content (AvgIpc) is 2.87. The molecular weight excluding hydrogens is 447 g/mol. The molecule has 0 aliphatic carbocycles. The van der Waals surface area contributed by atoms with Crippen LogP contribution < -0.4 is 10.5 Å². The molecule has 6 nitrogen and oxygen atoms in total. The first-order valence-electron chi connectivity index (χ1n) is 11.8. The Hall–Kier alpha value is -3.87. The number of phenolic OH excluding ortho intramolecular Hbond substituents is 1. The molecule has 4 rings (SSSR count). The number of aryl methyl sites for hydroxylation is 1. The first kappa shape index (κ1) is 24.3. The van der Waals surface area contributed by atoms with E-state index in [0.717, 1.165) is 31.7 Å². The molecule has 0 atom stereocenters. The topological polar surface area (TPSA) is 92.9 Å². The summed E-state index contributed by atoms with van der Waals surface area (Å²) in [4.78, 5) is 26.3. The fourth-order valence-corrected chi connectivity index (χ4v) is 4.47. The van der Waals surface area contributed by atoms with Gasteiger partial charge in [0.1, 0.15) is 17.3 Å². The van der Waals surface area contributed by atoms with E-state index < -0.39 is 11.7 Å². The zero-order chi connectivity index (χ0) is 24.8. The quantitative estimate of drug-likeness (QED) is 0.499. The normalized spacial score (nSPS) is 14.0. The Bertz CT molecular complexity index is 1190. The van der Waals surface area contributed by atoms with Crippen LogP contribution in [0.5, 0.6) is 11.5 Å². The molecule has 2 amide bonds. The smallest absolute Gasteiger partial charge is 0.260 e. The second-order valence-corrected chi connectivity index (χ2v) is 8.87. The van der Waals surface area contributed by atoms with E-state index in [1.54, 1.807) is 0 Å². The highest BCUT2D eigenvalue weighted by Crippen LogP contribution is 2.37. The highest BCUT2D eigenvalue weighted by Gasteiger charge is 2.23. The van der Waals surface area contributed by atoms with E-state index in [2.05, 4.69) is 24.3 Å². The van der Waals surface area contributed by atoms with Crippen LogP contribution in [0, 0.1) is 11.7 Å². The lowest BCUT2D eigenvalue weighted by Gasteiger charge is -2.32. The number of carbonyl (C=O) groups is 2. The van der Waals surface area contributed by atoms with Crippen molar-refractivity contribution in [2.75, 3.05) is 19.7 Å². The number of carbonyl (C=O) groups excluding carboxylic acids is 2. The third kappa shape index (κ3) is 6.18. The Kier molecular flexibility index (Phi) is 7.65. The average molecular weight is 477 g/mol. The van der Waals surface area contributed by atoms with Gasteiger partial charge in [-0.2, -0.15) is 0 Å². The fourth-order valence-electron chi connectivity index (χ4n) is 4.47. The molecule has 0 spiro atoms. The largest absolute Gasteiger partial charge is 0.507 e. The Morgan fingerprint density at radius 3 is 2.43 bits per heavy atom. The molecule has 3 N–H and O–H groups in total. The molecule has 0 bridgehead atoms. The van der Waals surface area contributed by atoms with E-state index in [4.69, 9.17) is 10.5 Å². The summed E-state index contributed by atoms with van der Waals surface area (Å²) in [6.07, 6.45) is 4.07. The van der Waals surface area contributed by atoms with Crippen LogP contribution in [-0.4, -0.2) is 41.5 Å². The van der Waals surface area contributed by atoms with Gasteiger partial charge in [-0.25, -0.2) is 4.39 Å². The van der Waals surface area contributed by atoms with Crippen LogP contribution in [0.3, 0.4) is 0 Å². The number of benzene rings is 3. The number of hydrogen-bond acceptors (Lipinski definition) is 4. The number of ether oxygens (including phenoxy) is 1. The molecule has 1 aliphatic rings. The van der Waals surface area contributed by atoms with Gasteiger partial charge in [-0.1, -0.05) is 30.3 Å². The van der Waals surface area contributed by atoms with Crippen molar-refractivity contribution in [1.82, 2.24) is 4.90 Å². The van der Waals surface area contributed by atoms with E-state index in [9.17, 15) is 19.1 Å². The zero-order valence-electron chi connectivity index (χ0n) is 19.5. The number of phenols is 1. The van der Waals surface area contributed by atoms with Crippen LogP contribution in [0.2, 0.25) is 0 Å². The number of primary amides is 1. The molecule has 3 aromatic rings. The number of hydrogen-bond donors (Lipinski definition) is 2. The number of nitrogens with two attached hydrogens (primary N) is 1. The van der Waals surface area contributed by atoms with Crippen molar-refractivity contribution in [2.45, 2.75) is 25.7 Å². The number of halogens is 1. The standard InChI is InChI=1S/C28H29FN2O4/c29-22-9-10-23(25(32)17-22)24-16-21(28(30)34)8-11-26(24)35-18-27(33)31-14-12-20(13-15-31)7-6-19-4-2-1-3-5-19/h1-5,8-11,16-17,20,32H,6-7,12-15,18H2,(H2,30,34). The molecule has 0 unspecified atom stereocenters. The second kappa shape index (κ2) is 11.0. The van der Waals surface area contributed by atoms with Gasteiger partial charge < -0.3 is 20.5 Å². The highest BCUT2D eigenvalue weighted by atomic mass is 19.1. The van der Waals surface area contributed by atoms with E-state index >= 15 is 0 Å². The molecule has 0 aromatic heterocycles. The lowest BCUT2D eigenvalue weighted by molar-refractivity contribution is -0.134. The van der Waals surface area contributed by atoms with Crippen molar-refractivity contribution < 1.29 is 23.8 Å². The van der Waals surface area contributed by atoms with Crippen LogP contribution in [0.15, 0.2) is 66.7 Å². The number of aromatic hydroxyl groups is 1. The molecule has 0 radical (unpaired) electrons. The number of nitrogens with zero attached hydrogens (tertiary/aromatic N) is 1. The minimum Gasteiger partial charge on any atom is -0.507 e. The predicted octanol–water partition coefficient (Wildman–Crippen LogP) is 4.55. The zero-order valence-corrected chi connectivity index (χ0v) is 19.5. The van der Waals surface area contributed by atoms with Crippen molar-refractivity contribution in [3.8, 4) is 22.6 Å². The van der Waals surface area contributed by atoms with Gasteiger partial charge in [0, 0.05) is 35.8 Å². The van der Waals surface area contributed by atoms with Crippen LogP contribution in [0.1, 0.15) is 35.2 Å². The van der Waals surface area contributed by atoms with Gasteiger partial charge in [0.05, 0.1) is 0 Å². The first-order valence-corrected chi connectivity index (χ1v) is 11.8. The highest BCUT2D eigenvalue weighted by molar-refractivity contribution is 5.95. The molecule has 1 heterocycles. The van der Waals surface area contributed by atoms with Gasteiger partial charge >= 0.3 is 0 Å². The number of amides is 2. The third-order valence-corrected chi connectivity index (χ3v) is 6.52. The number of likely N-dealkylation sites (tertiary alicyclic amines) is 1. The maximum atomic E-state index is 13.5. The maximum Gasteiger partial charge on any atom is 0.260 e. The summed E-state index contributed by atoms with van der Waals surface area (Å²) in [6.45, 7) is 1.20. The minimum absolute atomic E-state index is 0.125. The molecule has 1 aliphatic heterocycles. The van der Waals surface area contributed by atoms with Gasteiger partial charge in [0.25, 0.3) is 5.91 Å². The maximum absolute atomic E-state index is 13.5. The predicted molar refractivity (Wildman–Crippen MR) is 132 cm³/mol. The Labute approximate surface area is 204 Å². The minimum atomic E-state index is -0.648. The molecule has 1 saturated heterocycles. The van der Waals surface area contributed by atoms with Crippen LogP contribution in [0.25, 0.3) is 11.1 Å². The summed E-state index contributed by atoms with van der Waals surface area (Å²) in [5.41, 5.74) is 7.57. The Balaban J connectivity index is 1.37. The Morgan fingerprint density at radius 1 is 1.00 bits per heavy atom. The molecule has 3 aromatic carbocycles. The summed E-state index contributed by atoms with van der Waals surface area (Å²) in [7, 11) is 0. The van der Waals surface area contributed by atoms with Crippen molar-refractivity contribution in [3.63, 3.8) is 0 Å². The van der Waals surface area contributed by atoms with Crippen LogP contribution in [-0.2, 0) is 11.2 Å². The van der Waals surface area contributed by atoms with E-state index in [1.165, 1.54) is 35.9 Å². The van der Waals surface area contributed by atoms with Gasteiger partial charge in [0.2, 0.25) is 5.91 Å². The van der Waals surface area contributed by atoms with Crippen molar-refractivity contribution in [1.29, 1.82) is 0 Å². The number of piperidine rings is 1. The summed E-state index contributed by atoms with van der Waals surface area (Å²) < 4.78 is 19.3. The molecular formula is C28H29FN2O4. The fraction of sp³-hybridized carbons (Fsp3) is 0.286. The summed E-state index contributed by atoms with van der Waals surface area (Å²) in [5, 5.41) is 10.2. The van der Waals surface area contributed by atoms with Crippen molar-refractivity contribution >= 4 is 11.8 Å². The summed E-state index contributed by atoms with van der Waals surface area (Å²) >= 11 is 0. The van der Waals surface area contributed by atoms with Gasteiger partial charge in [0.15, 0.2) is 6.61 Å². The molecule has 1 fully saturated rings. The summed E-state index contributed by atoms with van der Waals surface area (Å²) in [5.74, 6) is -0.787. The van der Waals surface area contributed by atoms with Gasteiger partial charge in [-0.05, 0) is 67.5 Å². The SMILES string of the molecule is NC(=O)c1ccc(OCC(=O)N2CCC(CCc3ccccc3)CC2)c(-c2ccc(F)cc2O)c1. The van der Waals surface area contributed by atoms with E-state index in [0.29, 0.717) is 30.3 Å². The monoisotopic (exact) mass is 476 g/mol. The molecule has 0 saturated carbocycles. The number of rotatable bonds is 8. The van der Waals surface area contributed by atoms with Crippen LogP contribution in [0.4, 0.5) is 4.39 Å². The van der Waals surface area contributed by atoms with Crippen molar-refractivity contribution in [3.05, 3.63) is 83.7 Å². The van der Waals surface area contributed by atoms with E-state index in [-0.39, 0.29) is 29.4 Å². The summed E-state index contributed by atoms with van der Waals surface area (Å²) in [6, 6.07) is 18.5.